The average molecular weight is 308 g/mol. The minimum atomic E-state index is -4.39. The van der Waals surface area contributed by atoms with Gasteiger partial charge in [-0.15, -0.1) is 11.3 Å². The van der Waals surface area contributed by atoms with Crippen LogP contribution in [0.2, 0.25) is 0 Å². The molecule has 1 heterocycles. The van der Waals surface area contributed by atoms with Crippen LogP contribution in [0.4, 0.5) is 18.9 Å². The Kier molecular flexibility index (Phi) is 3.13. The predicted molar refractivity (Wildman–Crippen MR) is 79.2 cm³/mol. The van der Waals surface area contributed by atoms with Crippen molar-refractivity contribution in [2.45, 2.75) is 13.1 Å². The van der Waals surface area contributed by atoms with Crippen LogP contribution in [0.1, 0.15) is 11.1 Å². The minimum absolute atomic E-state index is 0.291. The zero-order chi connectivity index (χ0) is 15.2. The van der Waals surface area contributed by atoms with Crippen LogP contribution in [0.5, 0.6) is 0 Å². The summed E-state index contributed by atoms with van der Waals surface area (Å²) >= 11 is 1.34. The molecule has 21 heavy (non-hydrogen) atoms. The number of anilines is 1. The van der Waals surface area contributed by atoms with Crippen LogP contribution in [0, 0.1) is 6.92 Å². The molecule has 3 rings (SSSR count). The van der Waals surface area contributed by atoms with Crippen molar-refractivity contribution in [1.29, 1.82) is 0 Å². The Balaban J connectivity index is 2.20. The highest BCUT2D eigenvalue weighted by atomic mass is 32.1. The first-order valence-electron chi connectivity index (χ1n) is 6.19. The summed E-state index contributed by atoms with van der Waals surface area (Å²) in [6, 6.07) is 9.03. The van der Waals surface area contributed by atoms with Gasteiger partial charge < -0.3 is 5.73 Å². The number of nitrogen functional groups attached to an aromatic ring is 1. The second-order valence-electron chi connectivity index (χ2n) is 4.74. The molecule has 0 radical (unpaired) electrons. The molecule has 0 saturated heterocycles. The number of para-hydroxylation sites is 1. The third kappa shape index (κ3) is 2.47. The van der Waals surface area contributed by atoms with Crippen LogP contribution in [0.3, 0.4) is 0 Å². The van der Waals surface area contributed by atoms with E-state index in [4.69, 9.17) is 5.73 Å². The Labute approximate surface area is 123 Å². The first kappa shape index (κ1) is 13.9. The van der Waals surface area contributed by atoms with E-state index in [1.165, 1.54) is 17.4 Å². The van der Waals surface area contributed by atoms with Gasteiger partial charge in [-0.05, 0) is 36.8 Å². The number of rotatable bonds is 1. The summed E-state index contributed by atoms with van der Waals surface area (Å²) in [5.74, 6) is 0. The highest BCUT2D eigenvalue weighted by molar-refractivity contribution is 7.21. The summed E-state index contributed by atoms with van der Waals surface area (Å²) in [5.41, 5.74) is 7.51. The maximum atomic E-state index is 12.8. The van der Waals surface area contributed by atoms with Gasteiger partial charge in [0.2, 0.25) is 0 Å². The molecule has 2 aromatic carbocycles. The van der Waals surface area contributed by atoms with Gasteiger partial charge in [0.15, 0.2) is 0 Å². The van der Waals surface area contributed by atoms with Crippen LogP contribution < -0.4 is 5.73 Å². The molecule has 0 unspecified atom stereocenters. The van der Waals surface area contributed by atoms with Crippen LogP contribution >= 0.6 is 11.3 Å². The zero-order valence-electron chi connectivity index (χ0n) is 11.0. The van der Waals surface area contributed by atoms with E-state index in [2.05, 4.69) is 4.98 Å². The molecule has 0 spiro atoms. The van der Waals surface area contributed by atoms with E-state index in [-0.39, 0.29) is 0 Å². The summed E-state index contributed by atoms with van der Waals surface area (Å²) in [7, 11) is 0. The molecule has 0 atom stereocenters. The maximum absolute atomic E-state index is 12.8. The Bertz CT molecular complexity index is 821. The molecule has 0 fully saturated rings. The molecule has 2 N–H and O–H groups in total. The highest BCUT2D eigenvalue weighted by Gasteiger charge is 2.31. The van der Waals surface area contributed by atoms with Gasteiger partial charge in [0.25, 0.3) is 0 Å². The lowest BCUT2D eigenvalue weighted by atomic mass is 10.1. The van der Waals surface area contributed by atoms with Crippen LogP contribution in [-0.4, -0.2) is 4.98 Å². The molecule has 0 aliphatic heterocycles. The van der Waals surface area contributed by atoms with E-state index < -0.39 is 11.7 Å². The Morgan fingerprint density at radius 2 is 1.90 bits per heavy atom. The van der Waals surface area contributed by atoms with Crippen molar-refractivity contribution in [2.24, 2.45) is 0 Å². The van der Waals surface area contributed by atoms with Gasteiger partial charge >= 0.3 is 6.18 Å². The monoisotopic (exact) mass is 308 g/mol. The highest BCUT2D eigenvalue weighted by Crippen LogP contribution is 2.38. The Morgan fingerprint density at radius 1 is 1.14 bits per heavy atom. The second-order valence-corrected chi connectivity index (χ2v) is 5.77. The van der Waals surface area contributed by atoms with Gasteiger partial charge in [-0.1, -0.05) is 12.1 Å². The van der Waals surface area contributed by atoms with Crippen molar-refractivity contribution < 1.29 is 13.2 Å². The van der Waals surface area contributed by atoms with Crippen molar-refractivity contribution in [3.05, 3.63) is 47.5 Å². The largest absolute Gasteiger partial charge is 0.416 e. The van der Waals surface area contributed by atoms with Crippen LogP contribution in [-0.2, 0) is 6.18 Å². The molecule has 3 aromatic rings. The first-order chi connectivity index (χ1) is 9.86. The normalized spacial score (nSPS) is 12.0. The Hall–Kier alpha value is -2.08. The van der Waals surface area contributed by atoms with Gasteiger partial charge in [0.05, 0.1) is 15.8 Å². The molecule has 0 amide bonds. The van der Waals surface area contributed by atoms with E-state index >= 15 is 0 Å². The first-order valence-corrected chi connectivity index (χ1v) is 7.01. The number of alkyl halides is 3. The predicted octanol–water partition coefficient (Wildman–Crippen LogP) is 4.87. The van der Waals surface area contributed by atoms with Crippen molar-refractivity contribution in [3.63, 3.8) is 0 Å². The zero-order valence-corrected chi connectivity index (χ0v) is 11.8. The number of nitrogens with zero attached hydrogens (tertiary/aromatic N) is 1. The molecule has 108 valence electrons. The maximum Gasteiger partial charge on any atom is 0.416 e. The average Bonchev–Trinajstić information content (AvgIpc) is 2.83. The van der Waals surface area contributed by atoms with Crippen molar-refractivity contribution in [2.75, 3.05) is 5.73 Å². The number of benzene rings is 2. The summed E-state index contributed by atoms with van der Waals surface area (Å²) < 4.78 is 39.4. The number of hydrogen-bond donors (Lipinski definition) is 1. The molecule has 2 nitrogen and oxygen atoms in total. The molecule has 0 saturated carbocycles. The molecular formula is C15H11F3N2S. The fraction of sp³-hybridized carbons (Fsp3) is 0.133. The number of aryl methyl sites for hydroxylation is 1. The number of fused-ring (bicyclic) bond motifs is 1. The van der Waals surface area contributed by atoms with Gasteiger partial charge in [0.1, 0.15) is 5.01 Å². The van der Waals surface area contributed by atoms with Crippen molar-refractivity contribution in [1.82, 2.24) is 4.98 Å². The van der Waals surface area contributed by atoms with Crippen LogP contribution in [0.15, 0.2) is 36.4 Å². The van der Waals surface area contributed by atoms with Crippen molar-refractivity contribution >= 4 is 27.2 Å². The lowest BCUT2D eigenvalue weighted by Gasteiger charge is -2.09. The Morgan fingerprint density at radius 3 is 2.57 bits per heavy atom. The van der Waals surface area contributed by atoms with Gasteiger partial charge in [-0.2, -0.15) is 13.2 Å². The quantitative estimate of drug-likeness (QED) is 0.651. The summed E-state index contributed by atoms with van der Waals surface area (Å²) in [6.45, 7) is 1.92. The van der Waals surface area contributed by atoms with Gasteiger partial charge in [0, 0.05) is 11.3 Å². The fourth-order valence-electron chi connectivity index (χ4n) is 2.12. The van der Waals surface area contributed by atoms with Gasteiger partial charge in [-0.3, -0.25) is 0 Å². The fourth-order valence-corrected chi connectivity index (χ4v) is 3.20. The standard InChI is InChI=1S/C15H11F3N2S/c1-8-3-2-4-12-13(8)20-14(21-12)10-7-9(15(16,17)18)5-6-11(10)19/h2-7H,19H2,1H3. The third-order valence-electron chi connectivity index (χ3n) is 3.23. The summed E-state index contributed by atoms with van der Waals surface area (Å²) in [5, 5.41) is 0.503. The lowest BCUT2D eigenvalue weighted by molar-refractivity contribution is -0.137. The topological polar surface area (TPSA) is 38.9 Å². The number of nitrogens with two attached hydrogens (primary N) is 1. The van der Waals surface area contributed by atoms with E-state index in [1.807, 2.05) is 25.1 Å². The molecule has 1 aromatic heterocycles. The molecule has 0 bridgehead atoms. The number of halogens is 3. The molecule has 0 aliphatic rings. The van der Waals surface area contributed by atoms with E-state index in [9.17, 15) is 13.2 Å². The number of hydrogen-bond acceptors (Lipinski definition) is 3. The number of aromatic nitrogens is 1. The summed E-state index contributed by atoms with van der Waals surface area (Å²) in [4.78, 5) is 4.44. The third-order valence-corrected chi connectivity index (χ3v) is 4.29. The molecular weight excluding hydrogens is 297 g/mol. The van der Waals surface area contributed by atoms with Gasteiger partial charge in [-0.25, -0.2) is 4.98 Å². The van der Waals surface area contributed by atoms with E-state index in [0.717, 1.165) is 27.9 Å². The smallest absolute Gasteiger partial charge is 0.398 e. The molecule has 0 aliphatic carbocycles. The second kappa shape index (κ2) is 4.73. The van der Waals surface area contributed by atoms with Crippen molar-refractivity contribution in [3.8, 4) is 10.6 Å². The number of thiazole rings is 1. The minimum Gasteiger partial charge on any atom is -0.398 e. The van der Waals surface area contributed by atoms with Crippen LogP contribution in [0.25, 0.3) is 20.8 Å². The molecule has 6 heteroatoms. The van der Waals surface area contributed by atoms with E-state index in [0.29, 0.717) is 16.3 Å². The lowest BCUT2D eigenvalue weighted by Crippen LogP contribution is -2.05. The summed E-state index contributed by atoms with van der Waals surface area (Å²) in [6.07, 6.45) is -4.39. The van der Waals surface area contributed by atoms with E-state index in [1.54, 1.807) is 0 Å². The SMILES string of the molecule is Cc1cccc2sc(-c3cc(C(F)(F)F)ccc3N)nc12.